The van der Waals surface area contributed by atoms with Gasteiger partial charge in [0.1, 0.15) is 17.3 Å². The molecule has 1 unspecified atom stereocenters. The van der Waals surface area contributed by atoms with Crippen LogP contribution in [-0.4, -0.2) is 34.7 Å². The SMILES string of the molecule is CC1Oc2ccccc2N(CC(=O)Nc2nnc(Cc3ccccc3)s2)C1=O. The van der Waals surface area contributed by atoms with Crippen molar-refractivity contribution in [3.63, 3.8) is 0 Å². The second-order valence-corrected chi connectivity index (χ2v) is 7.43. The normalized spacial score (nSPS) is 15.7. The van der Waals surface area contributed by atoms with Crippen LogP contribution in [0.1, 0.15) is 17.5 Å². The smallest absolute Gasteiger partial charge is 0.268 e. The van der Waals surface area contributed by atoms with E-state index >= 15 is 0 Å². The molecule has 1 N–H and O–H groups in total. The number of rotatable bonds is 5. The van der Waals surface area contributed by atoms with Crippen molar-refractivity contribution in [3.05, 3.63) is 65.2 Å². The van der Waals surface area contributed by atoms with Crippen LogP contribution in [0.4, 0.5) is 10.8 Å². The van der Waals surface area contributed by atoms with Crippen LogP contribution in [0.5, 0.6) is 5.75 Å². The fourth-order valence-corrected chi connectivity index (χ4v) is 3.76. The Hall–Kier alpha value is -3.26. The first-order valence-electron chi connectivity index (χ1n) is 8.83. The van der Waals surface area contributed by atoms with Crippen molar-refractivity contribution < 1.29 is 14.3 Å². The van der Waals surface area contributed by atoms with E-state index in [1.807, 2.05) is 36.4 Å². The number of nitrogens with zero attached hydrogens (tertiary/aromatic N) is 3. The van der Waals surface area contributed by atoms with E-state index in [1.54, 1.807) is 25.1 Å². The molecule has 1 atom stereocenters. The van der Waals surface area contributed by atoms with E-state index in [1.165, 1.54) is 16.2 Å². The second-order valence-electron chi connectivity index (χ2n) is 6.36. The van der Waals surface area contributed by atoms with Crippen LogP contribution in [-0.2, 0) is 16.0 Å². The van der Waals surface area contributed by atoms with Gasteiger partial charge in [-0.3, -0.25) is 19.8 Å². The molecule has 2 aromatic carbocycles. The molecule has 8 heteroatoms. The largest absolute Gasteiger partial charge is 0.479 e. The van der Waals surface area contributed by atoms with E-state index in [9.17, 15) is 9.59 Å². The standard InChI is InChI=1S/C20H18N4O3S/c1-13-19(26)24(15-9-5-6-10-16(15)27-13)12-17(25)21-20-23-22-18(28-20)11-14-7-3-2-4-8-14/h2-10,13H,11-12H2,1H3,(H,21,23,25). The number of benzene rings is 2. The summed E-state index contributed by atoms with van der Waals surface area (Å²) in [5.74, 6) is -0.000919. The molecule has 0 saturated carbocycles. The summed E-state index contributed by atoms with van der Waals surface area (Å²) < 4.78 is 5.59. The Bertz CT molecular complexity index is 1010. The molecule has 4 rings (SSSR count). The van der Waals surface area contributed by atoms with Crippen LogP contribution in [0.2, 0.25) is 0 Å². The number of nitrogens with one attached hydrogen (secondary N) is 1. The number of anilines is 2. The molecule has 0 radical (unpaired) electrons. The highest BCUT2D eigenvalue weighted by molar-refractivity contribution is 7.15. The van der Waals surface area contributed by atoms with Gasteiger partial charge in [0, 0.05) is 6.42 Å². The van der Waals surface area contributed by atoms with Crippen LogP contribution in [0.25, 0.3) is 0 Å². The topological polar surface area (TPSA) is 84.4 Å². The minimum atomic E-state index is -0.637. The molecule has 3 aromatic rings. The summed E-state index contributed by atoms with van der Waals surface area (Å²) in [6.07, 6.45) is 0.0167. The third-order valence-corrected chi connectivity index (χ3v) is 5.13. The number of aromatic nitrogens is 2. The van der Waals surface area contributed by atoms with E-state index in [4.69, 9.17) is 4.74 Å². The molecular weight excluding hydrogens is 376 g/mol. The number of hydrogen-bond donors (Lipinski definition) is 1. The molecule has 28 heavy (non-hydrogen) atoms. The molecule has 0 spiro atoms. The molecular formula is C20H18N4O3S. The molecule has 2 amide bonds. The predicted octanol–water partition coefficient (Wildman–Crippen LogP) is 2.88. The van der Waals surface area contributed by atoms with Gasteiger partial charge in [0.15, 0.2) is 6.10 Å². The van der Waals surface area contributed by atoms with E-state index in [0.717, 1.165) is 10.6 Å². The summed E-state index contributed by atoms with van der Waals surface area (Å²) in [7, 11) is 0. The van der Waals surface area contributed by atoms with Crippen molar-refractivity contribution in [1.82, 2.24) is 10.2 Å². The van der Waals surface area contributed by atoms with Crippen LogP contribution >= 0.6 is 11.3 Å². The van der Waals surface area contributed by atoms with Crippen molar-refractivity contribution >= 4 is 34.0 Å². The van der Waals surface area contributed by atoms with Gasteiger partial charge < -0.3 is 4.74 Å². The molecule has 0 fully saturated rings. The van der Waals surface area contributed by atoms with Crippen LogP contribution in [0.15, 0.2) is 54.6 Å². The fraction of sp³-hybridized carbons (Fsp3) is 0.200. The molecule has 0 saturated heterocycles. The van der Waals surface area contributed by atoms with Gasteiger partial charge >= 0.3 is 0 Å². The summed E-state index contributed by atoms with van der Waals surface area (Å²) in [5.41, 5.74) is 1.71. The Morgan fingerprint density at radius 3 is 2.71 bits per heavy atom. The molecule has 1 aromatic heterocycles. The summed E-state index contributed by atoms with van der Waals surface area (Å²) in [4.78, 5) is 26.4. The van der Waals surface area contributed by atoms with Gasteiger partial charge in [-0.1, -0.05) is 53.8 Å². The number of amides is 2. The Balaban J connectivity index is 1.43. The maximum atomic E-state index is 12.5. The van der Waals surface area contributed by atoms with Gasteiger partial charge in [0.2, 0.25) is 11.0 Å². The first-order chi connectivity index (χ1) is 13.6. The number of fused-ring (bicyclic) bond motifs is 1. The van der Waals surface area contributed by atoms with Crippen molar-refractivity contribution in [2.45, 2.75) is 19.4 Å². The third kappa shape index (κ3) is 3.86. The van der Waals surface area contributed by atoms with Gasteiger partial charge in [-0.25, -0.2) is 0 Å². The number of carbonyl (C=O) groups is 2. The average molecular weight is 394 g/mol. The van der Waals surface area contributed by atoms with Crippen molar-refractivity contribution in [2.75, 3.05) is 16.8 Å². The quantitative estimate of drug-likeness (QED) is 0.719. The Labute approximate surface area is 166 Å². The molecule has 0 bridgehead atoms. The third-order valence-electron chi connectivity index (χ3n) is 4.29. The van der Waals surface area contributed by atoms with Gasteiger partial charge in [-0.2, -0.15) is 0 Å². The van der Waals surface area contributed by atoms with Crippen molar-refractivity contribution in [2.24, 2.45) is 0 Å². The summed E-state index contributed by atoms with van der Waals surface area (Å²) in [6.45, 7) is 1.56. The predicted molar refractivity (Wildman–Crippen MR) is 107 cm³/mol. The van der Waals surface area contributed by atoms with Crippen molar-refractivity contribution in [1.29, 1.82) is 0 Å². The fourth-order valence-electron chi connectivity index (χ4n) is 2.97. The van der Waals surface area contributed by atoms with Crippen LogP contribution in [0, 0.1) is 0 Å². The van der Waals surface area contributed by atoms with E-state index in [2.05, 4.69) is 15.5 Å². The Morgan fingerprint density at radius 1 is 1.14 bits per heavy atom. The second kappa shape index (κ2) is 7.77. The van der Waals surface area contributed by atoms with Crippen LogP contribution < -0.4 is 15.0 Å². The molecule has 142 valence electrons. The zero-order chi connectivity index (χ0) is 19.5. The lowest BCUT2D eigenvalue weighted by molar-refractivity contribution is -0.127. The van der Waals surface area contributed by atoms with E-state index in [-0.39, 0.29) is 18.4 Å². The average Bonchev–Trinajstić information content (AvgIpc) is 3.13. The molecule has 7 nitrogen and oxygen atoms in total. The Kier molecular flexibility index (Phi) is 5.03. The molecule has 1 aliphatic heterocycles. The van der Waals surface area contributed by atoms with Gasteiger partial charge in [0.05, 0.1) is 5.69 Å². The minimum absolute atomic E-state index is 0.114. The van der Waals surface area contributed by atoms with E-state index in [0.29, 0.717) is 23.0 Å². The van der Waals surface area contributed by atoms with Crippen LogP contribution in [0.3, 0.4) is 0 Å². The highest BCUT2D eigenvalue weighted by Gasteiger charge is 2.32. The number of ether oxygens (including phenoxy) is 1. The van der Waals surface area contributed by atoms with Gasteiger partial charge in [0.25, 0.3) is 5.91 Å². The summed E-state index contributed by atoms with van der Waals surface area (Å²) >= 11 is 1.32. The number of carbonyl (C=O) groups excluding carboxylic acids is 2. The zero-order valence-electron chi connectivity index (χ0n) is 15.2. The molecule has 0 aliphatic carbocycles. The molecule has 1 aliphatic rings. The van der Waals surface area contributed by atoms with E-state index < -0.39 is 6.10 Å². The lowest BCUT2D eigenvalue weighted by atomic mass is 10.2. The van der Waals surface area contributed by atoms with Gasteiger partial charge in [-0.15, -0.1) is 10.2 Å². The lowest BCUT2D eigenvalue weighted by Gasteiger charge is -2.32. The highest BCUT2D eigenvalue weighted by atomic mass is 32.1. The van der Waals surface area contributed by atoms with Crippen molar-refractivity contribution in [3.8, 4) is 5.75 Å². The first kappa shape index (κ1) is 18.1. The Morgan fingerprint density at radius 2 is 1.89 bits per heavy atom. The summed E-state index contributed by atoms with van der Waals surface area (Å²) in [6, 6.07) is 17.1. The number of para-hydroxylation sites is 2. The molecule has 2 heterocycles. The lowest BCUT2D eigenvalue weighted by Crippen LogP contribution is -2.47. The van der Waals surface area contributed by atoms with Gasteiger partial charge in [-0.05, 0) is 24.6 Å². The minimum Gasteiger partial charge on any atom is -0.479 e. The monoisotopic (exact) mass is 394 g/mol. The highest BCUT2D eigenvalue weighted by Crippen LogP contribution is 2.33. The number of hydrogen-bond acceptors (Lipinski definition) is 6. The summed E-state index contributed by atoms with van der Waals surface area (Å²) in [5, 5.41) is 12.1. The zero-order valence-corrected chi connectivity index (χ0v) is 16.0. The maximum Gasteiger partial charge on any atom is 0.268 e. The maximum absolute atomic E-state index is 12.5. The first-order valence-corrected chi connectivity index (χ1v) is 9.65.